The Morgan fingerprint density at radius 1 is 1.29 bits per heavy atom. The molecular weight excluding hydrogens is 370 g/mol. The van der Waals surface area contributed by atoms with Gasteiger partial charge in [0.1, 0.15) is 18.1 Å². The molecule has 0 saturated carbocycles. The average Bonchev–Trinajstić information content (AvgIpc) is 3.12. The number of fused-ring (bicyclic) bond motifs is 1. The number of allylic oxidation sites excluding steroid dienone is 1. The van der Waals surface area contributed by atoms with E-state index in [2.05, 4.69) is 27.1 Å². The minimum Gasteiger partial charge on any atom is -0.462 e. The monoisotopic (exact) mass is 392 g/mol. The van der Waals surface area contributed by atoms with Gasteiger partial charge < -0.3 is 14.8 Å². The van der Waals surface area contributed by atoms with Crippen molar-refractivity contribution in [3.63, 3.8) is 0 Å². The Kier molecular flexibility index (Phi) is 6.23. The Bertz CT molecular complexity index is 849. The number of ether oxygens (including phenoxy) is 2. The zero-order chi connectivity index (χ0) is 20.1. The van der Waals surface area contributed by atoms with Crippen molar-refractivity contribution in [2.45, 2.75) is 45.8 Å². The number of nitrogens with one attached hydrogen (secondary N) is 1. The van der Waals surface area contributed by atoms with Gasteiger partial charge in [0.05, 0.1) is 12.2 Å². The number of carbonyl (C=O) groups is 1. The maximum absolute atomic E-state index is 12.8. The van der Waals surface area contributed by atoms with Gasteiger partial charge in [-0.25, -0.2) is 9.48 Å². The Labute approximate surface area is 161 Å². The highest BCUT2D eigenvalue weighted by Gasteiger charge is 2.34. The third kappa shape index (κ3) is 4.29. The molecule has 0 spiro atoms. The molecule has 1 N–H and O–H groups in total. The zero-order valence-corrected chi connectivity index (χ0v) is 15.7. The Morgan fingerprint density at radius 3 is 2.71 bits per heavy atom. The van der Waals surface area contributed by atoms with Gasteiger partial charge in [-0.05, 0) is 31.0 Å². The molecular formula is C19H22F2N4O3. The second-order valence-electron chi connectivity index (χ2n) is 6.38. The molecule has 28 heavy (non-hydrogen) atoms. The van der Waals surface area contributed by atoms with Gasteiger partial charge in [0.15, 0.2) is 0 Å². The Hall–Kier alpha value is -2.97. The van der Waals surface area contributed by atoms with E-state index in [0.29, 0.717) is 29.4 Å². The maximum atomic E-state index is 12.8. The number of aromatic nitrogens is 3. The van der Waals surface area contributed by atoms with Crippen molar-refractivity contribution in [2.75, 3.05) is 11.9 Å². The van der Waals surface area contributed by atoms with E-state index in [1.807, 2.05) is 0 Å². The Balaban J connectivity index is 1.89. The summed E-state index contributed by atoms with van der Waals surface area (Å²) in [7, 11) is 0. The van der Waals surface area contributed by atoms with Crippen LogP contribution < -0.4 is 10.1 Å². The summed E-state index contributed by atoms with van der Waals surface area (Å²) in [4.78, 5) is 16.9. The minimum atomic E-state index is -2.90. The van der Waals surface area contributed by atoms with Crippen molar-refractivity contribution < 1.29 is 23.0 Å². The lowest BCUT2D eigenvalue weighted by Gasteiger charge is -2.28. The first-order chi connectivity index (χ1) is 13.5. The number of carbonyl (C=O) groups excluding carboxylic acids is 1. The molecule has 9 heteroatoms. The number of esters is 1. The molecule has 1 aromatic heterocycles. The number of rotatable bonds is 8. The number of unbranched alkanes of at least 4 members (excludes halogenated alkanes) is 2. The highest BCUT2D eigenvalue weighted by Crippen LogP contribution is 2.35. The van der Waals surface area contributed by atoms with Crippen LogP contribution in [0.4, 0.5) is 14.7 Å². The first kappa shape index (κ1) is 19.8. The fourth-order valence-electron chi connectivity index (χ4n) is 3.09. The van der Waals surface area contributed by atoms with Gasteiger partial charge in [0, 0.05) is 5.70 Å². The second kappa shape index (κ2) is 8.81. The average molecular weight is 392 g/mol. The number of hydrogen-bond acceptors (Lipinski definition) is 6. The molecule has 2 aromatic rings. The van der Waals surface area contributed by atoms with E-state index >= 15 is 0 Å². The molecule has 0 radical (unpaired) electrons. The third-order valence-corrected chi connectivity index (χ3v) is 4.42. The number of halogens is 2. The normalized spacial score (nSPS) is 16.0. The molecule has 0 fully saturated rings. The Morgan fingerprint density at radius 2 is 2.04 bits per heavy atom. The lowest BCUT2D eigenvalue weighted by Crippen LogP contribution is -2.29. The van der Waals surface area contributed by atoms with Gasteiger partial charge in [0.2, 0.25) is 5.95 Å². The van der Waals surface area contributed by atoms with Crippen LogP contribution in [-0.4, -0.2) is 34.0 Å². The van der Waals surface area contributed by atoms with E-state index in [4.69, 9.17) is 4.74 Å². The van der Waals surface area contributed by atoms with Gasteiger partial charge in [-0.1, -0.05) is 31.9 Å². The van der Waals surface area contributed by atoms with E-state index in [1.165, 1.54) is 18.5 Å². The molecule has 1 atom stereocenters. The standard InChI is InChI=1S/C19H22F2N4O3/c1-3-4-5-10-27-17(26)15-12(2)24-19-22-11-23-25(19)16(15)13-6-8-14(9-7-13)28-18(20)21/h6-9,11,16,18H,3-5,10H2,1-2H3,(H,22,23,24)/t16-/m1/s1. The minimum absolute atomic E-state index is 0.0379. The lowest BCUT2D eigenvalue weighted by molar-refractivity contribution is -0.139. The fourth-order valence-corrected chi connectivity index (χ4v) is 3.09. The summed E-state index contributed by atoms with van der Waals surface area (Å²) in [6, 6.07) is 5.52. The molecule has 0 saturated heterocycles. The molecule has 1 aromatic carbocycles. The summed E-state index contributed by atoms with van der Waals surface area (Å²) >= 11 is 0. The molecule has 0 unspecified atom stereocenters. The van der Waals surface area contributed by atoms with Crippen LogP contribution in [0, 0.1) is 0 Å². The topological polar surface area (TPSA) is 78.3 Å². The molecule has 3 rings (SSSR count). The van der Waals surface area contributed by atoms with Crippen molar-refractivity contribution >= 4 is 11.9 Å². The van der Waals surface area contributed by atoms with Crippen molar-refractivity contribution in [3.05, 3.63) is 47.4 Å². The number of anilines is 1. The van der Waals surface area contributed by atoms with Crippen LogP contribution in [0.3, 0.4) is 0 Å². The molecule has 0 bridgehead atoms. The van der Waals surface area contributed by atoms with Gasteiger partial charge in [0.25, 0.3) is 0 Å². The smallest absolute Gasteiger partial charge is 0.387 e. The van der Waals surface area contributed by atoms with E-state index in [-0.39, 0.29) is 5.75 Å². The molecule has 1 aliphatic rings. The lowest BCUT2D eigenvalue weighted by atomic mass is 9.96. The van der Waals surface area contributed by atoms with Gasteiger partial charge in [-0.2, -0.15) is 18.9 Å². The second-order valence-corrected chi connectivity index (χ2v) is 6.38. The highest BCUT2D eigenvalue weighted by molar-refractivity contribution is 5.92. The van der Waals surface area contributed by atoms with Crippen LogP contribution in [0.25, 0.3) is 0 Å². The third-order valence-electron chi connectivity index (χ3n) is 4.42. The van der Waals surface area contributed by atoms with Crippen molar-refractivity contribution in [3.8, 4) is 5.75 Å². The highest BCUT2D eigenvalue weighted by atomic mass is 19.3. The van der Waals surface area contributed by atoms with Gasteiger partial charge in [-0.15, -0.1) is 0 Å². The van der Waals surface area contributed by atoms with Gasteiger partial charge in [-0.3, -0.25) is 0 Å². The quantitative estimate of drug-likeness (QED) is 0.542. The number of benzene rings is 1. The fraction of sp³-hybridized carbons (Fsp3) is 0.421. The predicted molar refractivity (Wildman–Crippen MR) is 98.0 cm³/mol. The number of nitrogens with zero attached hydrogens (tertiary/aromatic N) is 3. The molecule has 0 amide bonds. The summed E-state index contributed by atoms with van der Waals surface area (Å²) in [6.45, 7) is 1.27. The van der Waals surface area contributed by atoms with Crippen LogP contribution >= 0.6 is 0 Å². The molecule has 2 heterocycles. The van der Waals surface area contributed by atoms with Crippen LogP contribution in [-0.2, 0) is 9.53 Å². The van der Waals surface area contributed by atoms with E-state index in [0.717, 1.165) is 19.3 Å². The first-order valence-electron chi connectivity index (χ1n) is 9.10. The van der Waals surface area contributed by atoms with Crippen LogP contribution in [0.15, 0.2) is 41.9 Å². The SMILES string of the molecule is CCCCCOC(=O)C1=C(C)Nc2ncnn2[C@@H]1c1ccc(OC(F)F)cc1. The zero-order valence-electron chi connectivity index (χ0n) is 15.7. The summed E-state index contributed by atoms with van der Waals surface area (Å²) in [6.07, 6.45) is 4.18. The summed E-state index contributed by atoms with van der Waals surface area (Å²) in [5.41, 5.74) is 1.69. The van der Waals surface area contributed by atoms with Gasteiger partial charge >= 0.3 is 12.6 Å². The number of hydrogen-bond donors (Lipinski definition) is 1. The van der Waals surface area contributed by atoms with Crippen molar-refractivity contribution in [2.24, 2.45) is 0 Å². The van der Waals surface area contributed by atoms with Crippen molar-refractivity contribution in [1.29, 1.82) is 0 Å². The van der Waals surface area contributed by atoms with E-state index in [9.17, 15) is 13.6 Å². The molecule has 1 aliphatic heterocycles. The predicted octanol–water partition coefficient (Wildman–Crippen LogP) is 3.90. The molecule has 7 nitrogen and oxygen atoms in total. The van der Waals surface area contributed by atoms with Crippen LogP contribution in [0.5, 0.6) is 5.75 Å². The summed E-state index contributed by atoms with van der Waals surface area (Å²) in [5, 5.41) is 7.27. The maximum Gasteiger partial charge on any atom is 0.387 e. The van der Waals surface area contributed by atoms with Crippen molar-refractivity contribution in [1.82, 2.24) is 14.8 Å². The largest absolute Gasteiger partial charge is 0.462 e. The summed E-state index contributed by atoms with van der Waals surface area (Å²) < 4.78 is 36.2. The number of alkyl halides is 2. The molecule has 150 valence electrons. The van der Waals surface area contributed by atoms with E-state index < -0.39 is 18.6 Å². The van der Waals surface area contributed by atoms with Crippen LogP contribution in [0.1, 0.15) is 44.7 Å². The summed E-state index contributed by atoms with van der Waals surface area (Å²) in [5.74, 6) is 0.0778. The molecule has 0 aliphatic carbocycles. The van der Waals surface area contributed by atoms with E-state index in [1.54, 1.807) is 23.7 Å². The first-order valence-corrected chi connectivity index (χ1v) is 9.10. The van der Waals surface area contributed by atoms with Crippen LogP contribution in [0.2, 0.25) is 0 Å².